The maximum atomic E-state index is 12.2. The van der Waals surface area contributed by atoms with Gasteiger partial charge in [-0.3, -0.25) is 4.79 Å². The van der Waals surface area contributed by atoms with Crippen molar-refractivity contribution >= 4 is 17.2 Å². The molecule has 4 heteroatoms. The number of amides is 1. The van der Waals surface area contributed by atoms with Gasteiger partial charge in [-0.2, -0.15) is 11.3 Å². The van der Waals surface area contributed by atoms with Crippen LogP contribution in [0.4, 0.5) is 0 Å². The van der Waals surface area contributed by atoms with Crippen LogP contribution in [-0.2, 0) is 11.3 Å². The molecule has 1 amide bonds. The summed E-state index contributed by atoms with van der Waals surface area (Å²) in [7, 11) is 1.87. The van der Waals surface area contributed by atoms with Crippen molar-refractivity contribution in [2.45, 2.75) is 50.6 Å². The number of hydrogen-bond donors (Lipinski definition) is 1. The quantitative estimate of drug-likeness (QED) is 0.911. The van der Waals surface area contributed by atoms with Crippen LogP contribution in [0.1, 0.15) is 44.1 Å². The average Bonchev–Trinajstić information content (AvgIpc) is 2.82. The summed E-state index contributed by atoms with van der Waals surface area (Å²) in [6.45, 7) is 0.693. The third kappa shape index (κ3) is 3.56. The van der Waals surface area contributed by atoms with Gasteiger partial charge in [0.05, 0.1) is 0 Å². The molecule has 1 fully saturated rings. The van der Waals surface area contributed by atoms with E-state index in [4.69, 9.17) is 5.73 Å². The molecule has 0 unspecified atom stereocenters. The zero-order valence-electron chi connectivity index (χ0n) is 11.0. The zero-order valence-corrected chi connectivity index (χ0v) is 11.8. The molecule has 0 spiro atoms. The van der Waals surface area contributed by atoms with Gasteiger partial charge in [0.15, 0.2) is 0 Å². The number of carbonyl (C=O) groups is 1. The van der Waals surface area contributed by atoms with Crippen LogP contribution in [0.5, 0.6) is 0 Å². The molecule has 1 heterocycles. The number of thiophene rings is 1. The highest BCUT2D eigenvalue weighted by Gasteiger charge is 2.31. The first-order valence-corrected chi connectivity index (χ1v) is 7.57. The summed E-state index contributed by atoms with van der Waals surface area (Å²) in [6.07, 6.45) is 6.07. The van der Waals surface area contributed by atoms with Gasteiger partial charge < -0.3 is 10.6 Å². The van der Waals surface area contributed by atoms with Gasteiger partial charge in [-0.25, -0.2) is 0 Å². The van der Waals surface area contributed by atoms with E-state index in [1.165, 1.54) is 12.0 Å². The summed E-state index contributed by atoms with van der Waals surface area (Å²) in [6, 6.07) is 2.06. The van der Waals surface area contributed by atoms with Gasteiger partial charge in [0, 0.05) is 25.6 Å². The molecule has 1 aromatic rings. The molecule has 3 nitrogen and oxygen atoms in total. The fourth-order valence-corrected chi connectivity index (χ4v) is 3.27. The molecule has 2 rings (SSSR count). The molecule has 0 aromatic carbocycles. The molecule has 0 atom stereocenters. The summed E-state index contributed by atoms with van der Waals surface area (Å²) >= 11 is 1.67. The monoisotopic (exact) mass is 266 g/mol. The van der Waals surface area contributed by atoms with E-state index in [-0.39, 0.29) is 11.4 Å². The van der Waals surface area contributed by atoms with E-state index in [0.717, 1.165) is 25.7 Å². The van der Waals surface area contributed by atoms with E-state index < -0.39 is 0 Å². The van der Waals surface area contributed by atoms with Crippen molar-refractivity contribution in [2.75, 3.05) is 7.05 Å². The van der Waals surface area contributed by atoms with Crippen LogP contribution in [0, 0.1) is 0 Å². The van der Waals surface area contributed by atoms with Crippen molar-refractivity contribution in [2.24, 2.45) is 5.73 Å². The third-order valence-corrected chi connectivity index (χ3v) is 4.51. The van der Waals surface area contributed by atoms with Gasteiger partial charge in [0.1, 0.15) is 0 Å². The fraction of sp³-hybridized carbons (Fsp3) is 0.643. The molecular formula is C14H22N2OS. The second kappa shape index (κ2) is 5.85. The zero-order chi connectivity index (χ0) is 13.0. The first kappa shape index (κ1) is 13.6. The van der Waals surface area contributed by atoms with E-state index in [1.54, 1.807) is 16.2 Å². The molecule has 0 bridgehead atoms. The predicted molar refractivity (Wildman–Crippen MR) is 75.4 cm³/mol. The molecular weight excluding hydrogens is 244 g/mol. The van der Waals surface area contributed by atoms with Crippen LogP contribution in [-0.4, -0.2) is 23.4 Å². The molecule has 1 aromatic heterocycles. The smallest absolute Gasteiger partial charge is 0.224 e. The molecule has 2 N–H and O–H groups in total. The summed E-state index contributed by atoms with van der Waals surface area (Å²) < 4.78 is 0. The minimum absolute atomic E-state index is 0.172. The Morgan fingerprint density at radius 2 is 2.17 bits per heavy atom. The van der Waals surface area contributed by atoms with Crippen LogP contribution >= 0.6 is 11.3 Å². The molecule has 1 aliphatic carbocycles. The van der Waals surface area contributed by atoms with Crippen molar-refractivity contribution in [1.29, 1.82) is 0 Å². The highest BCUT2D eigenvalue weighted by molar-refractivity contribution is 7.07. The SMILES string of the molecule is CN(Cc1ccsc1)C(=O)CC1(N)CCCCC1. The highest BCUT2D eigenvalue weighted by atomic mass is 32.1. The summed E-state index contributed by atoms with van der Waals surface area (Å²) in [5.74, 6) is 0.172. The van der Waals surface area contributed by atoms with E-state index in [2.05, 4.69) is 11.4 Å². The number of nitrogens with zero attached hydrogens (tertiary/aromatic N) is 1. The second-order valence-electron chi connectivity index (χ2n) is 5.48. The first-order valence-electron chi connectivity index (χ1n) is 6.63. The lowest BCUT2D eigenvalue weighted by Gasteiger charge is -2.34. The number of rotatable bonds is 4. The van der Waals surface area contributed by atoms with Gasteiger partial charge in [0.25, 0.3) is 0 Å². The summed E-state index contributed by atoms with van der Waals surface area (Å²) in [4.78, 5) is 14.0. The Labute approximate surface area is 113 Å². The van der Waals surface area contributed by atoms with Gasteiger partial charge in [-0.05, 0) is 35.2 Å². The molecule has 0 saturated heterocycles. The van der Waals surface area contributed by atoms with E-state index in [9.17, 15) is 4.79 Å². The molecule has 0 aliphatic heterocycles. The lowest BCUT2D eigenvalue weighted by atomic mass is 9.80. The Bertz CT molecular complexity index is 383. The van der Waals surface area contributed by atoms with Gasteiger partial charge in [-0.15, -0.1) is 0 Å². The summed E-state index contributed by atoms with van der Waals surface area (Å²) in [5.41, 5.74) is 7.27. The van der Waals surface area contributed by atoms with Gasteiger partial charge in [-0.1, -0.05) is 19.3 Å². The minimum atomic E-state index is -0.252. The molecule has 100 valence electrons. The van der Waals surface area contributed by atoms with Crippen molar-refractivity contribution in [3.05, 3.63) is 22.4 Å². The molecule has 1 saturated carbocycles. The number of carbonyl (C=O) groups excluding carboxylic acids is 1. The Morgan fingerprint density at radius 3 is 2.78 bits per heavy atom. The molecule has 0 radical (unpaired) electrons. The molecule has 18 heavy (non-hydrogen) atoms. The number of hydrogen-bond acceptors (Lipinski definition) is 3. The maximum Gasteiger partial charge on any atom is 0.224 e. The largest absolute Gasteiger partial charge is 0.341 e. The average molecular weight is 266 g/mol. The lowest BCUT2D eigenvalue weighted by Crippen LogP contribution is -2.46. The van der Waals surface area contributed by atoms with Crippen LogP contribution in [0.3, 0.4) is 0 Å². The lowest BCUT2D eigenvalue weighted by molar-refractivity contribution is -0.132. The van der Waals surface area contributed by atoms with Crippen LogP contribution in [0.25, 0.3) is 0 Å². The Kier molecular flexibility index (Phi) is 4.40. The minimum Gasteiger partial charge on any atom is -0.341 e. The maximum absolute atomic E-state index is 12.2. The van der Waals surface area contributed by atoms with Crippen LogP contribution in [0.15, 0.2) is 16.8 Å². The Hall–Kier alpha value is -0.870. The third-order valence-electron chi connectivity index (χ3n) is 3.78. The Morgan fingerprint density at radius 1 is 1.44 bits per heavy atom. The van der Waals surface area contributed by atoms with Gasteiger partial charge in [0.2, 0.25) is 5.91 Å². The van der Waals surface area contributed by atoms with E-state index >= 15 is 0 Å². The predicted octanol–water partition coefficient (Wildman–Crippen LogP) is 2.76. The van der Waals surface area contributed by atoms with Crippen molar-refractivity contribution in [3.63, 3.8) is 0 Å². The highest BCUT2D eigenvalue weighted by Crippen LogP contribution is 2.29. The summed E-state index contributed by atoms with van der Waals surface area (Å²) in [5, 5.41) is 4.13. The van der Waals surface area contributed by atoms with Crippen LogP contribution < -0.4 is 5.73 Å². The molecule has 1 aliphatic rings. The normalized spacial score (nSPS) is 18.6. The van der Waals surface area contributed by atoms with E-state index in [0.29, 0.717) is 13.0 Å². The van der Waals surface area contributed by atoms with Crippen LogP contribution in [0.2, 0.25) is 0 Å². The van der Waals surface area contributed by atoms with Gasteiger partial charge >= 0.3 is 0 Å². The van der Waals surface area contributed by atoms with Crippen molar-refractivity contribution in [3.8, 4) is 0 Å². The standard InChI is InChI=1S/C14H22N2OS/c1-16(10-12-5-8-18-11-12)13(17)9-14(15)6-3-2-4-7-14/h5,8,11H,2-4,6-7,9-10,15H2,1H3. The number of nitrogens with two attached hydrogens (primary N) is 1. The first-order chi connectivity index (χ1) is 8.59. The second-order valence-corrected chi connectivity index (χ2v) is 6.26. The van der Waals surface area contributed by atoms with Crippen molar-refractivity contribution < 1.29 is 4.79 Å². The fourth-order valence-electron chi connectivity index (χ4n) is 2.61. The van der Waals surface area contributed by atoms with Crippen molar-refractivity contribution in [1.82, 2.24) is 4.90 Å². The Balaban J connectivity index is 1.86. The topological polar surface area (TPSA) is 46.3 Å². The van der Waals surface area contributed by atoms with E-state index in [1.807, 2.05) is 12.4 Å².